The zero-order chi connectivity index (χ0) is 12.8. The van der Waals surface area contributed by atoms with Crippen LogP contribution in [0.1, 0.15) is 23.7 Å². The SMILES string of the molecule is COc1ccccc1C(=O)OC(=O)CC(C)=O. The molecule has 0 saturated carbocycles. The molecule has 0 spiro atoms. The third-order valence-electron chi connectivity index (χ3n) is 1.93. The molecule has 17 heavy (non-hydrogen) atoms. The van der Waals surface area contributed by atoms with E-state index in [0.717, 1.165) is 0 Å². The highest BCUT2D eigenvalue weighted by Gasteiger charge is 2.17. The van der Waals surface area contributed by atoms with Gasteiger partial charge in [0.05, 0.1) is 7.11 Å². The zero-order valence-corrected chi connectivity index (χ0v) is 9.56. The number of carbonyl (C=O) groups excluding carboxylic acids is 3. The minimum atomic E-state index is -0.867. The van der Waals surface area contributed by atoms with Gasteiger partial charge in [-0.2, -0.15) is 0 Å². The summed E-state index contributed by atoms with van der Waals surface area (Å²) < 4.78 is 9.46. The first-order valence-electron chi connectivity index (χ1n) is 4.92. The Kier molecular flexibility index (Phi) is 4.39. The second kappa shape index (κ2) is 5.79. The van der Waals surface area contributed by atoms with E-state index in [9.17, 15) is 14.4 Å². The quantitative estimate of drug-likeness (QED) is 0.583. The fourth-order valence-electron chi connectivity index (χ4n) is 1.21. The van der Waals surface area contributed by atoms with E-state index in [-0.39, 0.29) is 11.3 Å². The summed E-state index contributed by atoms with van der Waals surface area (Å²) in [6.07, 6.45) is -0.416. The summed E-state index contributed by atoms with van der Waals surface area (Å²) in [7, 11) is 1.41. The number of Topliss-reactive ketones (excluding diaryl/α,β-unsaturated/α-hetero) is 1. The minimum absolute atomic E-state index is 0.145. The van der Waals surface area contributed by atoms with Crippen molar-refractivity contribution < 1.29 is 23.9 Å². The molecule has 0 N–H and O–H groups in total. The molecule has 0 atom stereocenters. The van der Waals surface area contributed by atoms with Gasteiger partial charge < -0.3 is 9.47 Å². The van der Waals surface area contributed by atoms with Crippen LogP contribution in [0.3, 0.4) is 0 Å². The lowest BCUT2D eigenvalue weighted by molar-refractivity contribution is -0.140. The van der Waals surface area contributed by atoms with Crippen molar-refractivity contribution in [1.82, 2.24) is 0 Å². The van der Waals surface area contributed by atoms with Gasteiger partial charge in [-0.1, -0.05) is 12.1 Å². The maximum atomic E-state index is 11.6. The molecule has 0 amide bonds. The van der Waals surface area contributed by atoms with Crippen LogP contribution < -0.4 is 4.74 Å². The first-order valence-corrected chi connectivity index (χ1v) is 4.92. The van der Waals surface area contributed by atoms with Gasteiger partial charge >= 0.3 is 11.9 Å². The lowest BCUT2D eigenvalue weighted by Crippen LogP contribution is -2.15. The van der Waals surface area contributed by atoms with Crippen molar-refractivity contribution in [3.05, 3.63) is 29.8 Å². The Morgan fingerprint density at radius 1 is 1.18 bits per heavy atom. The highest BCUT2D eigenvalue weighted by atomic mass is 16.6. The van der Waals surface area contributed by atoms with Gasteiger partial charge in [-0.05, 0) is 19.1 Å². The van der Waals surface area contributed by atoms with Crippen LogP contribution in [0.25, 0.3) is 0 Å². The van der Waals surface area contributed by atoms with Crippen molar-refractivity contribution in [2.24, 2.45) is 0 Å². The Morgan fingerprint density at radius 3 is 2.41 bits per heavy atom. The van der Waals surface area contributed by atoms with E-state index < -0.39 is 18.4 Å². The van der Waals surface area contributed by atoms with E-state index >= 15 is 0 Å². The Labute approximate surface area is 98.3 Å². The smallest absolute Gasteiger partial charge is 0.349 e. The van der Waals surface area contributed by atoms with Gasteiger partial charge in [-0.3, -0.25) is 9.59 Å². The summed E-state index contributed by atoms with van der Waals surface area (Å²) in [4.78, 5) is 33.4. The molecule has 0 fully saturated rings. The molecular formula is C12H12O5. The van der Waals surface area contributed by atoms with Gasteiger partial charge in [0.15, 0.2) is 0 Å². The molecule has 0 unspecified atom stereocenters. The molecule has 0 aromatic heterocycles. The molecule has 0 saturated heterocycles. The van der Waals surface area contributed by atoms with Crippen LogP contribution >= 0.6 is 0 Å². The molecule has 0 aliphatic heterocycles. The first-order chi connectivity index (χ1) is 8.04. The highest BCUT2D eigenvalue weighted by Crippen LogP contribution is 2.18. The number of ketones is 1. The lowest BCUT2D eigenvalue weighted by Gasteiger charge is -2.06. The van der Waals surface area contributed by atoms with E-state index in [0.29, 0.717) is 5.75 Å². The molecule has 90 valence electrons. The van der Waals surface area contributed by atoms with Crippen LogP contribution in [0.4, 0.5) is 0 Å². The van der Waals surface area contributed by atoms with Gasteiger partial charge in [0.2, 0.25) is 0 Å². The number of ether oxygens (including phenoxy) is 2. The number of methoxy groups -OCH3 is 1. The molecule has 5 nitrogen and oxygen atoms in total. The zero-order valence-electron chi connectivity index (χ0n) is 9.56. The van der Waals surface area contributed by atoms with Crippen LogP contribution in [0.15, 0.2) is 24.3 Å². The molecular weight excluding hydrogens is 224 g/mol. The third-order valence-corrected chi connectivity index (χ3v) is 1.93. The largest absolute Gasteiger partial charge is 0.496 e. The number of esters is 2. The van der Waals surface area contributed by atoms with E-state index in [1.165, 1.54) is 20.1 Å². The van der Waals surface area contributed by atoms with Gasteiger partial charge in [0, 0.05) is 0 Å². The van der Waals surface area contributed by atoms with Gasteiger partial charge in [-0.25, -0.2) is 4.79 Å². The molecule has 0 radical (unpaired) electrons. The normalized spacial score (nSPS) is 9.53. The molecule has 0 bridgehead atoms. The molecule has 1 rings (SSSR count). The second-order valence-corrected chi connectivity index (χ2v) is 3.34. The Hall–Kier alpha value is -2.17. The predicted octanol–water partition coefficient (Wildman–Crippen LogP) is 1.36. The highest BCUT2D eigenvalue weighted by molar-refractivity contribution is 6.03. The van der Waals surface area contributed by atoms with Crippen LogP contribution in [0.2, 0.25) is 0 Å². The second-order valence-electron chi connectivity index (χ2n) is 3.34. The topological polar surface area (TPSA) is 69.7 Å². The number of hydrogen-bond donors (Lipinski definition) is 0. The molecule has 1 aromatic rings. The van der Waals surface area contributed by atoms with Crippen LogP contribution in [0.5, 0.6) is 5.75 Å². The maximum Gasteiger partial charge on any atom is 0.349 e. The third kappa shape index (κ3) is 3.71. The first kappa shape index (κ1) is 12.9. The van der Waals surface area contributed by atoms with Crippen LogP contribution in [-0.4, -0.2) is 24.8 Å². The Morgan fingerprint density at radius 2 is 1.82 bits per heavy atom. The van der Waals surface area contributed by atoms with Crippen molar-refractivity contribution in [2.75, 3.05) is 7.11 Å². The van der Waals surface area contributed by atoms with Gasteiger partial charge in [0.1, 0.15) is 23.5 Å². The van der Waals surface area contributed by atoms with E-state index in [1.54, 1.807) is 18.2 Å². The van der Waals surface area contributed by atoms with Crippen molar-refractivity contribution in [2.45, 2.75) is 13.3 Å². The number of para-hydroxylation sites is 1. The maximum absolute atomic E-state index is 11.6. The molecule has 0 aliphatic carbocycles. The average molecular weight is 236 g/mol. The van der Waals surface area contributed by atoms with Crippen LogP contribution in [-0.2, 0) is 14.3 Å². The summed E-state index contributed by atoms with van der Waals surface area (Å²) in [5.41, 5.74) is 0.145. The van der Waals surface area contributed by atoms with Crippen molar-refractivity contribution in [1.29, 1.82) is 0 Å². The van der Waals surface area contributed by atoms with Crippen molar-refractivity contribution in [3.63, 3.8) is 0 Å². The van der Waals surface area contributed by atoms with Crippen LogP contribution in [0, 0.1) is 0 Å². The summed E-state index contributed by atoms with van der Waals surface area (Å²) >= 11 is 0. The predicted molar refractivity (Wildman–Crippen MR) is 58.7 cm³/mol. The molecule has 0 aliphatic rings. The minimum Gasteiger partial charge on any atom is -0.496 e. The monoisotopic (exact) mass is 236 g/mol. The van der Waals surface area contributed by atoms with E-state index in [2.05, 4.69) is 4.74 Å². The molecule has 5 heteroatoms. The van der Waals surface area contributed by atoms with Crippen molar-refractivity contribution >= 4 is 17.7 Å². The van der Waals surface area contributed by atoms with E-state index in [4.69, 9.17) is 4.74 Å². The number of benzene rings is 1. The lowest BCUT2D eigenvalue weighted by atomic mass is 10.2. The van der Waals surface area contributed by atoms with Gasteiger partial charge in [-0.15, -0.1) is 0 Å². The Bertz CT molecular complexity index is 450. The summed E-state index contributed by atoms with van der Waals surface area (Å²) in [6.45, 7) is 1.24. The molecule has 0 heterocycles. The van der Waals surface area contributed by atoms with E-state index in [1.807, 2.05) is 0 Å². The van der Waals surface area contributed by atoms with Crippen molar-refractivity contribution in [3.8, 4) is 5.75 Å². The summed E-state index contributed by atoms with van der Waals surface area (Å²) in [5, 5.41) is 0. The standard InChI is InChI=1S/C12H12O5/c1-8(13)7-11(14)17-12(15)9-5-3-4-6-10(9)16-2/h3-6H,7H2,1-2H3. The fraction of sp³-hybridized carbons (Fsp3) is 0.250. The summed E-state index contributed by atoms with van der Waals surface area (Å²) in [5.74, 6) is -1.74. The number of rotatable bonds is 4. The number of hydrogen-bond acceptors (Lipinski definition) is 5. The average Bonchev–Trinajstić information content (AvgIpc) is 2.27. The van der Waals surface area contributed by atoms with Gasteiger partial charge in [0.25, 0.3) is 0 Å². The Balaban J connectivity index is 2.76. The molecule has 1 aromatic carbocycles. The fourth-order valence-corrected chi connectivity index (χ4v) is 1.21. The number of carbonyl (C=O) groups is 3. The summed E-state index contributed by atoms with van der Waals surface area (Å²) in [6, 6.07) is 6.36.